The summed E-state index contributed by atoms with van der Waals surface area (Å²) in [4.78, 5) is 12.0. The van der Waals surface area contributed by atoms with Crippen LogP contribution >= 0.6 is 0 Å². The summed E-state index contributed by atoms with van der Waals surface area (Å²) in [6.45, 7) is 3.51. The number of nitrogens with zero attached hydrogens (tertiary/aromatic N) is 1. The molecular formula is C13H20N2O3S. The van der Waals surface area contributed by atoms with Crippen molar-refractivity contribution in [3.8, 4) is 0 Å². The molecule has 0 unspecified atom stereocenters. The van der Waals surface area contributed by atoms with Crippen molar-refractivity contribution in [2.45, 2.75) is 56.6 Å². The molecule has 1 saturated carbocycles. The molecule has 106 valence electrons. The Kier molecular flexibility index (Phi) is 4.74. The first-order chi connectivity index (χ1) is 9.06. The second kappa shape index (κ2) is 6.32. The summed E-state index contributed by atoms with van der Waals surface area (Å²) in [5, 5.41) is 6.20. The van der Waals surface area contributed by atoms with Crippen LogP contribution in [0.5, 0.6) is 0 Å². The average Bonchev–Trinajstić information content (AvgIpc) is 3.00. The van der Waals surface area contributed by atoms with Crippen molar-refractivity contribution in [3.63, 3.8) is 0 Å². The van der Waals surface area contributed by atoms with E-state index < -0.39 is 16.0 Å². The van der Waals surface area contributed by atoms with E-state index in [9.17, 15) is 9.00 Å². The van der Waals surface area contributed by atoms with E-state index in [0.717, 1.165) is 18.5 Å². The predicted molar refractivity (Wildman–Crippen MR) is 72.9 cm³/mol. The monoisotopic (exact) mass is 284 g/mol. The lowest BCUT2D eigenvalue weighted by Gasteiger charge is -2.15. The maximum Gasteiger partial charge on any atom is 0.235 e. The zero-order valence-electron chi connectivity index (χ0n) is 11.3. The minimum absolute atomic E-state index is 0.124. The van der Waals surface area contributed by atoms with Gasteiger partial charge in [0.25, 0.3) is 0 Å². The van der Waals surface area contributed by atoms with E-state index in [1.54, 1.807) is 13.0 Å². The summed E-state index contributed by atoms with van der Waals surface area (Å²) < 4.78 is 17.1. The number of nitrogens with one attached hydrogen (secondary N) is 1. The fourth-order valence-electron chi connectivity index (χ4n) is 2.26. The Morgan fingerprint density at radius 1 is 1.58 bits per heavy atom. The third-order valence-corrected chi connectivity index (χ3v) is 5.00. The second-order valence-corrected chi connectivity index (χ2v) is 6.85. The summed E-state index contributed by atoms with van der Waals surface area (Å²) in [5.74, 6) is 0.679. The van der Waals surface area contributed by atoms with Crippen LogP contribution in [0, 0.1) is 6.92 Å². The largest absolute Gasteiger partial charge is 0.360 e. The van der Waals surface area contributed by atoms with Crippen molar-refractivity contribution in [3.05, 3.63) is 17.5 Å². The molecule has 1 fully saturated rings. The molecule has 2 rings (SSSR count). The van der Waals surface area contributed by atoms with Crippen molar-refractivity contribution in [2.75, 3.05) is 0 Å². The fourth-order valence-corrected chi connectivity index (χ4v) is 3.23. The maximum atomic E-state index is 12.1. The number of carbonyl (C=O) groups is 1. The first-order valence-corrected chi connectivity index (χ1v) is 8.04. The quantitative estimate of drug-likeness (QED) is 0.893. The zero-order chi connectivity index (χ0) is 13.8. The fraction of sp³-hybridized carbons (Fsp3) is 0.692. The summed E-state index contributed by atoms with van der Waals surface area (Å²) in [6, 6.07) is 2.01. The maximum absolute atomic E-state index is 12.1. The van der Waals surface area contributed by atoms with Crippen molar-refractivity contribution in [1.29, 1.82) is 0 Å². The van der Waals surface area contributed by atoms with Crippen LogP contribution in [0.25, 0.3) is 0 Å². The van der Waals surface area contributed by atoms with E-state index in [1.807, 2.05) is 6.92 Å². The van der Waals surface area contributed by atoms with E-state index in [1.165, 1.54) is 12.8 Å². The van der Waals surface area contributed by atoms with Crippen LogP contribution in [0.1, 0.15) is 44.1 Å². The normalized spacial score (nSPS) is 19.3. The molecular weight excluding hydrogens is 264 g/mol. The molecule has 0 spiro atoms. The zero-order valence-corrected chi connectivity index (χ0v) is 12.2. The van der Waals surface area contributed by atoms with E-state index in [2.05, 4.69) is 10.5 Å². The molecule has 0 bridgehead atoms. The summed E-state index contributed by atoms with van der Waals surface area (Å²) >= 11 is 0. The van der Waals surface area contributed by atoms with Crippen LogP contribution in [0.15, 0.2) is 10.6 Å². The van der Waals surface area contributed by atoms with Gasteiger partial charge in [0.1, 0.15) is 11.0 Å². The Balaban J connectivity index is 1.85. The van der Waals surface area contributed by atoms with Crippen LogP contribution in [0.3, 0.4) is 0 Å². The highest BCUT2D eigenvalue weighted by atomic mass is 32.2. The molecule has 1 aromatic heterocycles. The molecule has 0 aromatic carbocycles. The molecule has 6 heteroatoms. The molecule has 2 atom stereocenters. The van der Waals surface area contributed by atoms with Crippen LogP contribution in [0.4, 0.5) is 0 Å². The highest BCUT2D eigenvalue weighted by molar-refractivity contribution is 7.85. The molecule has 19 heavy (non-hydrogen) atoms. The Bertz CT molecular complexity index is 466. The Morgan fingerprint density at radius 2 is 2.26 bits per heavy atom. The van der Waals surface area contributed by atoms with Gasteiger partial charge in [0.15, 0.2) is 0 Å². The molecule has 0 aliphatic heterocycles. The third-order valence-electron chi connectivity index (χ3n) is 3.43. The second-order valence-electron chi connectivity index (χ2n) is 5.09. The summed E-state index contributed by atoms with van der Waals surface area (Å²) in [6.07, 6.45) is 4.40. The minimum Gasteiger partial charge on any atom is -0.360 e. The molecule has 5 nitrogen and oxygen atoms in total. The van der Waals surface area contributed by atoms with Gasteiger partial charge in [-0.15, -0.1) is 0 Å². The van der Waals surface area contributed by atoms with E-state index >= 15 is 0 Å². The van der Waals surface area contributed by atoms with Gasteiger partial charge in [0, 0.05) is 22.9 Å². The van der Waals surface area contributed by atoms with E-state index in [0.29, 0.717) is 5.76 Å². The number of hydrogen-bond acceptors (Lipinski definition) is 4. The molecule has 0 radical (unpaired) electrons. The molecule has 1 aliphatic rings. The van der Waals surface area contributed by atoms with Crippen LogP contribution in [0.2, 0.25) is 0 Å². The lowest BCUT2D eigenvalue weighted by molar-refractivity contribution is -0.121. The number of hydrogen-bond donors (Lipinski definition) is 1. The molecule has 1 aromatic rings. The molecule has 0 saturated heterocycles. The number of aromatic nitrogens is 1. The van der Waals surface area contributed by atoms with Gasteiger partial charge in [-0.2, -0.15) is 0 Å². The smallest absolute Gasteiger partial charge is 0.235 e. The van der Waals surface area contributed by atoms with Crippen molar-refractivity contribution in [1.82, 2.24) is 10.5 Å². The molecule has 1 N–H and O–H groups in total. The van der Waals surface area contributed by atoms with Crippen molar-refractivity contribution >= 4 is 16.7 Å². The van der Waals surface area contributed by atoms with Gasteiger partial charge in [0.05, 0.1) is 11.4 Å². The van der Waals surface area contributed by atoms with E-state index in [4.69, 9.17) is 4.52 Å². The van der Waals surface area contributed by atoms with Crippen molar-refractivity contribution in [2.24, 2.45) is 0 Å². The number of rotatable bonds is 5. The molecule has 1 amide bonds. The van der Waals surface area contributed by atoms with Crippen molar-refractivity contribution < 1.29 is 13.5 Å². The minimum atomic E-state index is -1.28. The Morgan fingerprint density at radius 3 is 2.84 bits per heavy atom. The van der Waals surface area contributed by atoms with Gasteiger partial charge in [0.2, 0.25) is 5.91 Å². The van der Waals surface area contributed by atoms with Crippen LogP contribution < -0.4 is 5.32 Å². The highest BCUT2D eigenvalue weighted by Crippen LogP contribution is 2.18. The van der Waals surface area contributed by atoms with Gasteiger partial charge < -0.3 is 9.84 Å². The number of amides is 1. The highest BCUT2D eigenvalue weighted by Gasteiger charge is 2.25. The SMILES string of the molecule is Cc1cc(C[S@@](=O)[C@@H](C)C(=O)NC2CCCC2)on1. The predicted octanol–water partition coefficient (Wildman–Crippen LogP) is 1.68. The Labute approximate surface area is 115 Å². The molecule has 1 aliphatic carbocycles. The van der Waals surface area contributed by atoms with Crippen LogP contribution in [-0.4, -0.2) is 26.6 Å². The van der Waals surface area contributed by atoms with Gasteiger partial charge in [-0.25, -0.2) is 0 Å². The topological polar surface area (TPSA) is 72.2 Å². The lowest BCUT2D eigenvalue weighted by atomic mass is 10.2. The third kappa shape index (κ3) is 3.89. The molecule has 1 heterocycles. The average molecular weight is 284 g/mol. The lowest BCUT2D eigenvalue weighted by Crippen LogP contribution is -2.40. The van der Waals surface area contributed by atoms with Gasteiger partial charge in [-0.05, 0) is 26.7 Å². The standard InChI is InChI=1S/C13H20N2O3S/c1-9-7-12(18-15-9)8-19(17)10(2)13(16)14-11-5-3-4-6-11/h7,10-11H,3-6,8H2,1-2H3,(H,14,16)/t10-,19+/m0/s1. The van der Waals surface area contributed by atoms with Gasteiger partial charge in [-0.3, -0.25) is 9.00 Å². The summed E-state index contributed by atoms with van der Waals surface area (Å²) in [7, 11) is -1.28. The first kappa shape index (κ1) is 14.2. The first-order valence-electron chi connectivity index (χ1n) is 6.66. The van der Waals surface area contributed by atoms with E-state index in [-0.39, 0.29) is 17.7 Å². The van der Waals surface area contributed by atoms with Gasteiger partial charge in [-0.1, -0.05) is 18.0 Å². The summed E-state index contributed by atoms with van der Waals surface area (Å²) in [5.41, 5.74) is 0.759. The number of aryl methyl sites for hydroxylation is 1. The number of carbonyl (C=O) groups excluding carboxylic acids is 1. The van der Waals surface area contributed by atoms with Gasteiger partial charge >= 0.3 is 0 Å². The van der Waals surface area contributed by atoms with Crippen LogP contribution in [-0.2, 0) is 21.3 Å². The Hall–Kier alpha value is -1.17.